The first-order chi connectivity index (χ1) is 6.15. The van der Waals surface area contributed by atoms with Gasteiger partial charge in [-0.05, 0) is 24.6 Å². The second-order valence-electron chi connectivity index (χ2n) is 2.77. The largest absolute Gasteiger partial charge is 0.481 e. The summed E-state index contributed by atoms with van der Waals surface area (Å²) in [6.07, 6.45) is 1.42. The minimum atomic E-state index is -0.920. The highest BCUT2D eigenvalue weighted by Crippen LogP contribution is 2.15. The van der Waals surface area contributed by atoms with Crippen LogP contribution in [-0.2, 0) is 11.5 Å². The van der Waals surface area contributed by atoms with Crippen LogP contribution in [0.3, 0.4) is 0 Å². The van der Waals surface area contributed by atoms with Crippen LogP contribution in [0.4, 0.5) is 4.39 Å². The Labute approximate surface area is 75.2 Å². The lowest BCUT2D eigenvalue weighted by atomic mass is 10.0. The molecule has 0 aromatic carbocycles. The van der Waals surface area contributed by atoms with Gasteiger partial charge in [-0.15, -0.1) is 0 Å². The Morgan fingerprint density at radius 2 is 2.46 bits per heavy atom. The molecule has 0 fully saturated rings. The zero-order chi connectivity index (χ0) is 9.84. The first kappa shape index (κ1) is 9.64. The zero-order valence-electron chi connectivity index (χ0n) is 7.20. The molecule has 0 saturated carbocycles. The van der Waals surface area contributed by atoms with E-state index in [1.165, 1.54) is 12.3 Å². The Kier molecular flexibility index (Phi) is 2.95. The molecule has 0 aliphatic carbocycles. The van der Waals surface area contributed by atoms with Crippen molar-refractivity contribution in [1.82, 2.24) is 4.98 Å². The summed E-state index contributed by atoms with van der Waals surface area (Å²) in [6.45, 7) is 0.889. The highest BCUT2D eigenvalue weighted by atomic mass is 19.1. The summed E-state index contributed by atoms with van der Waals surface area (Å²) >= 11 is 0. The van der Waals surface area contributed by atoms with E-state index in [-0.39, 0.29) is 5.69 Å². The molecule has 0 spiro atoms. The van der Waals surface area contributed by atoms with Crippen molar-refractivity contribution >= 4 is 5.97 Å². The lowest BCUT2D eigenvalue weighted by Gasteiger charge is -2.06. The summed E-state index contributed by atoms with van der Waals surface area (Å²) in [4.78, 5) is 14.3. The first-order valence-electron chi connectivity index (χ1n) is 3.88. The maximum Gasteiger partial charge on any atom is 0.310 e. The molecule has 3 nitrogen and oxygen atoms in total. The van der Waals surface area contributed by atoms with Gasteiger partial charge in [-0.1, -0.05) is 0 Å². The second kappa shape index (κ2) is 3.98. The summed E-state index contributed by atoms with van der Waals surface area (Å²) in [5, 5.41) is 8.68. The fourth-order valence-corrected chi connectivity index (χ4v) is 0.982. The van der Waals surface area contributed by atoms with Crippen LogP contribution in [-0.4, -0.2) is 16.1 Å². The Morgan fingerprint density at radius 3 is 3.00 bits per heavy atom. The Hall–Kier alpha value is -1.45. The van der Waals surface area contributed by atoms with Gasteiger partial charge in [0.05, 0.1) is 11.6 Å². The predicted octanol–water partition coefficient (Wildman–Crippen LogP) is 1.74. The monoisotopic (exact) mass is 183 g/mol. The maximum atomic E-state index is 12.2. The molecule has 1 aromatic rings. The van der Waals surface area contributed by atoms with Crippen molar-refractivity contribution in [1.29, 1.82) is 0 Å². The van der Waals surface area contributed by atoms with Crippen LogP contribution >= 0.6 is 0 Å². The first-order valence-corrected chi connectivity index (χ1v) is 3.88. The van der Waals surface area contributed by atoms with E-state index in [0.717, 1.165) is 0 Å². The van der Waals surface area contributed by atoms with Crippen LogP contribution in [0, 0.1) is 0 Å². The number of hydrogen-bond acceptors (Lipinski definition) is 2. The molecular weight excluding hydrogens is 173 g/mol. The van der Waals surface area contributed by atoms with Crippen molar-refractivity contribution in [2.24, 2.45) is 0 Å². The SMILES string of the molecule is CC(C(=O)O)c1ccnc(CF)c1. The Bertz CT molecular complexity index is 314. The third-order valence-corrected chi connectivity index (χ3v) is 1.85. The number of carboxylic acids is 1. The average molecular weight is 183 g/mol. The van der Waals surface area contributed by atoms with Crippen LogP contribution in [0.2, 0.25) is 0 Å². The number of aromatic nitrogens is 1. The number of rotatable bonds is 3. The quantitative estimate of drug-likeness (QED) is 0.776. The standard InChI is InChI=1S/C9H10FNO2/c1-6(9(12)13)7-2-3-11-8(4-7)5-10/h2-4,6H,5H2,1H3,(H,12,13). The summed E-state index contributed by atoms with van der Waals surface area (Å²) in [5.41, 5.74) is 0.848. The number of hydrogen-bond donors (Lipinski definition) is 1. The molecule has 1 aromatic heterocycles. The third-order valence-electron chi connectivity index (χ3n) is 1.85. The van der Waals surface area contributed by atoms with E-state index >= 15 is 0 Å². The lowest BCUT2D eigenvalue weighted by molar-refractivity contribution is -0.138. The number of carboxylic acid groups (broad SMARTS) is 1. The molecule has 0 aliphatic heterocycles. The summed E-state index contributed by atoms with van der Waals surface area (Å²) in [7, 11) is 0. The van der Waals surface area contributed by atoms with Crippen molar-refractivity contribution in [3.8, 4) is 0 Å². The number of pyridine rings is 1. The van der Waals surface area contributed by atoms with E-state index in [1.807, 2.05) is 0 Å². The van der Waals surface area contributed by atoms with Gasteiger partial charge in [-0.3, -0.25) is 9.78 Å². The number of aliphatic carboxylic acids is 1. The third kappa shape index (κ3) is 2.24. The van der Waals surface area contributed by atoms with Gasteiger partial charge >= 0.3 is 5.97 Å². The smallest absolute Gasteiger partial charge is 0.310 e. The van der Waals surface area contributed by atoms with Gasteiger partial charge in [0.1, 0.15) is 6.67 Å². The lowest BCUT2D eigenvalue weighted by Crippen LogP contribution is -2.07. The van der Waals surface area contributed by atoms with Gasteiger partial charge in [-0.2, -0.15) is 0 Å². The van der Waals surface area contributed by atoms with Crippen molar-refractivity contribution in [2.75, 3.05) is 0 Å². The van der Waals surface area contributed by atoms with Gasteiger partial charge in [0.15, 0.2) is 0 Å². The van der Waals surface area contributed by atoms with E-state index in [1.54, 1.807) is 13.0 Å². The van der Waals surface area contributed by atoms with Crippen LogP contribution < -0.4 is 0 Å². The molecule has 0 saturated heterocycles. The van der Waals surface area contributed by atoms with Crippen LogP contribution in [0.5, 0.6) is 0 Å². The highest BCUT2D eigenvalue weighted by molar-refractivity contribution is 5.75. The average Bonchev–Trinajstić information content (AvgIpc) is 2.16. The molecule has 1 heterocycles. The molecule has 1 atom stereocenters. The van der Waals surface area contributed by atoms with E-state index in [0.29, 0.717) is 5.56 Å². The Balaban J connectivity index is 2.94. The molecule has 0 aliphatic rings. The molecule has 0 radical (unpaired) electrons. The number of nitrogens with zero attached hydrogens (tertiary/aromatic N) is 1. The molecular formula is C9H10FNO2. The van der Waals surface area contributed by atoms with Crippen LogP contribution in [0.15, 0.2) is 18.3 Å². The summed E-state index contributed by atoms with van der Waals surface area (Å²) < 4.78 is 12.2. The molecule has 13 heavy (non-hydrogen) atoms. The fraction of sp³-hybridized carbons (Fsp3) is 0.333. The summed E-state index contributed by atoms with van der Waals surface area (Å²) in [5.74, 6) is -1.54. The molecule has 0 amide bonds. The van der Waals surface area contributed by atoms with Crippen molar-refractivity contribution in [3.05, 3.63) is 29.6 Å². The van der Waals surface area contributed by atoms with Gasteiger partial charge < -0.3 is 5.11 Å². The molecule has 70 valence electrons. The van der Waals surface area contributed by atoms with Crippen molar-refractivity contribution in [3.63, 3.8) is 0 Å². The fourth-order valence-electron chi connectivity index (χ4n) is 0.982. The summed E-state index contributed by atoms with van der Waals surface area (Å²) in [6, 6.07) is 3.05. The molecule has 1 N–H and O–H groups in total. The second-order valence-corrected chi connectivity index (χ2v) is 2.77. The number of halogens is 1. The zero-order valence-corrected chi connectivity index (χ0v) is 7.20. The molecule has 1 rings (SSSR count). The van der Waals surface area contributed by atoms with Crippen molar-refractivity contribution < 1.29 is 14.3 Å². The minimum absolute atomic E-state index is 0.269. The molecule has 0 bridgehead atoms. The maximum absolute atomic E-state index is 12.2. The topological polar surface area (TPSA) is 50.2 Å². The van der Waals surface area contributed by atoms with E-state index in [2.05, 4.69) is 4.98 Å². The highest BCUT2D eigenvalue weighted by Gasteiger charge is 2.13. The van der Waals surface area contributed by atoms with Gasteiger partial charge in [0.2, 0.25) is 0 Å². The van der Waals surface area contributed by atoms with Gasteiger partial charge in [0, 0.05) is 6.20 Å². The molecule has 1 unspecified atom stereocenters. The molecule has 4 heteroatoms. The van der Waals surface area contributed by atoms with Crippen LogP contribution in [0.25, 0.3) is 0 Å². The number of alkyl halides is 1. The van der Waals surface area contributed by atoms with Crippen molar-refractivity contribution in [2.45, 2.75) is 19.5 Å². The van der Waals surface area contributed by atoms with Gasteiger partial charge in [-0.25, -0.2) is 4.39 Å². The normalized spacial score (nSPS) is 12.5. The van der Waals surface area contributed by atoms with E-state index < -0.39 is 18.6 Å². The minimum Gasteiger partial charge on any atom is -0.481 e. The number of carbonyl (C=O) groups is 1. The van der Waals surface area contributed by atoms with E-state index in [4.69, 9.17) is 5.11 Å². The van der Waals surface area contributed by atoms with E-state index in [9.17, 15) is 9.18 Å². The Morgan fingerprint density at radius 1 is 1.77 bits per heavy atom. The predicted molar refractivity (Wildman–Crippen MR) is 45.1 cm³/mol. The van der Waals surface area contributed by atoms with Crippen LogP contribution in [0.1, 0.15) is 24.1 Å². The van der Waals surface area contributed by atoms with Gasteiger partial charge in [0.25, 0.3) is 0 Å².